The molecule has 3 N–H and O–H groups in total. The summed E-state index contributed by atoms with van der Waals surface area (Å²) in [4.78, 5) is 29.4. The number of amides is 2. The lowest BCUT2D eigenvalue weighted by Gasteiger charge is -2.14. The number of aromatic nitrogens is 3. The average Bonchev–Trinajstić information content (AvgIpc) is 3.19. The number of anilines is 1. The van der Waals surface area contributed by atoms with Gasteiger partial charge in [0.15, 0.2) is 0 Å². The summed E-state index contributed by atoms with van der Waals surface area (Å²) in [6, 6.07) is 13.7. The van der Waals surface area contributed by atoms with Gasteiger partial charge >= 0.3 is 0 Å². The number of hydrazone groups is 1. The summed E-state index contributed by atoms with van der Waals surface area (Å²) in [6.07, 6.45) is 6.10. The molecule has 0 saturated heterocycles. The van der Waals surface area contributed by atoms with Crippen molar-refractivity contribution < 1.29 is 9.59 Å². The molecule has 1 saturated carbocycles. The summed E-state index contributed by atoms with van der Waals surface area (Å²) in [5, 5.41) is 12.2. The molecule has 164 valence electrons. The van der Waals surface area contributed by atoms with E-state index in [2.05, 4.69) is 38.1 Å². The van der Waals surface area contributed by atoms with Crippen molar-refractivity contribution in [3.63, 3.8) is 0 Å². The topological polar surface area (TPSA) is 104 Å². The second kappa shape index (κ2) is 6.90. The van der Waals surface area contributed by atoms with Crippen LogP contribution in [-0.2, 0) is 11.8 Å². The van der Waals surface area contributed by atoms with Crippen molar-refractivity contribution in [2.45, 2.75) is 19.3 Å². The highest BCUT2D eigenvalue weighted by molar-refractivity contribution is 6.18. The van der Waals surface area contributed by atoms with Crippen LogP contribution in [0.15, 0.2) is 60.0 Å². The lowest BCUT2D eigenvalue weighted by atomic mass is 9.99. The van der Waals surface area contributed by atoms with Gasteiger partial charge in [0.25, 0.3) is 5.91 Å². The number of nitrogens with one attached hydrogen (secondary N) is 3. The van der Waals surface area contributed by atoms with Gasteiger partial charge in [-0.25, -0.2) is 5.43 Å². The average molecular weight is 438 g/mol. The van der Waals surface area contributed by atoms with Crippen molar-refractivity contribution in [1.82, 2.24) is 20.2 Å². The molecule has 1 aliphatic heterocycles. The third-order valence-corrected chi connectivity index (χ3v) is 6.75. The number of aryl methyl sites for hydroxylation is 1. The molecule has 0 spiro atoms. The molecule has 4 aromatic rings. The van der Waals surface area contributed by atoms with Gasteiger partial charge in [-0.1, -0.05) is 37.3 Å². The predicted molar refractivity (Wildman–Crippen MR) is 126 cm³/mol. The van der Waals surface area contributed by atoms with E-state index in [9.17, 15) is 9.59 Å². The molecule has 2 aromatic carbocycles. The molecule has 0 bridgehead atoms. The first-order valence-corrected chi connectivity index (χ1v) is 10.8. The second-order valence-corrected chi connectivity index (χ2v) is 9.00. The molecule has 8 nitrogen and oxygen atoms in total. The van der Waals surface area contributed by atoms with Crippen LogP contribution in [-0.4, -0.2) is 32.8 Å². The number of carbonyl (C=O) groups is 2. The molecule has 2 aromatic heterocycles. The normalized spacial score (nSPS) is 21.0. The van der Waals surface area contributed by atoms with Gasteiger partial charge in [-0.15, -0.1) is 0 Å². The van der Waals surface area contributed by atoms with Crippen molar-refractivity contribution in [2.75, 3.05) is 5.32 Å². The zero-order chi connectivity index (χ0) is 22.7. The fourth-order valence-corrected chi connectivity index (χ4v) is 4.79. The maximum absolute atomic E-state index is 13.2. The molecule has 8 heteroatoms. The minimum atomic E-state index is -0.475. The van der Waals surface area contributed by atoms with Crippen LogP contribution in [0.1, 0.15) is 40.7 Å². The van der Waals surface area contributed by atoms with Crippen LogP contribution in [0.5, 0.6) is 0 Å². The molecule has 0 radical (unpaired) electrons. The predicted octanol–water partition coefficient (Wildman–Crippen LogP) is 3.78. The van der Waals surface area contributed by atoms with Gasteiger partial charge in [-0.3, -0.25) is 14.3 Å². The van der Waals surface area contributed by atoms with Crippen LogP contribution in [0.4, 0.5) is 5.69 Å². The highest BCUT2D eigenvalue weighted by atomic mass is 16.2. The molecular formula is C25H22N6O2. The first kappa shape index (κ1) is 19.5. The molecule has 1 aliphatic carbocycles. The maximum Gasteiger partial charge on any atom is 0.272 e. The van der Waals surface area contributed by atoms with E-state index in [1.807, 2.05) is 44.4 Å². The first-order valence-electron chi connectivity index (χ1n) is 10.8. The van der Waals surface area contributed by atoms with E-state index < -0.39 is 5.41 Å². The SMILES string of the molecule is Cn1cc(-c2[nH]c3cc(NC(=O)[C@]4(C)C[C@H]4c4ccccc4)cc4c3c2C=NNC4=O)cn1. The zero-order valence-corrected chi connectivity index (χ0v) is 18.2. The van der Waals surface area contributed by atoms with E-state index >= 15 is 0 Å². The maximum atomic E-state index is 13.2. The minimum Gasteiger partial charge on any atom is -0.354 e. The number of hydrogen-bond acceptors (Lipinski definition) is 4. The van der Waals surface area contributed by atoms with Gasteiger partial charge in [0.05, 0.1) is 29.1 Å². The number of H-pyrrole nitrogens is 1. The third kappa shape index (κ3) is 3.06. The molecule has 2 aliphatic rings. The smallest absolute Gasteiger partial charge is 0.272 e. The summed E-state index contributed by atoms with van der Waals surface area (Å²) in [6.45, 7) is 1.99. The Kier molecular flexibility index (Phi) is 4.07. The summed E-state index contributed by atoms with van der Waals surface area (Å²) < 4.78 is 1.72. The highest BCUT2D eigenvalue weighted by Gasteiger charge is 2.56. The van der Waals surface area contributed by atoms with Crippen LogP contribution >= 0.6 is 0 Å². The number of aromatic amines is 1. The highest BCUT2D eigenvalue weighted by Crippen LogP contribution is 2.59. The number of hydrogen-bond donors (Lipinski definition) is 3. The van der Waals surface area contributed by atoms with Crippen molar-refractivity contribution in [3.05, 3.63) is 71.5 Å². The number of nitrogens with zero attached hydrogens (tertiary/aromatic N) is 3. The molecule has 2 atom stereocenters. The lowest BCUT2D eigenvalue weighted by Crippen LogP contribution is -2.23. The molecule has 33 heavy (non-hydrogen) atoms. The van der Waals surface area contributed by atoms with Crippen LogP contribution < -0.4 is 10.7 Å². The van der Waals surface area contributed by atoms with E-state index in [0.717, 1.165) is 34.1 Å². The number of benzene rings is 2. The first-order chi connectivity index (χ1) is 15.9. The Morgan fingerprint density at radius 1 is 1.24 bits per heavy atom. The van der Waals surface area contributed by atoms with Gasteiger partial charge in [0.2, 0.25) is 5.91 Å². The summed E-state index contributed by atoms with van der Waals surface area (Å²) in [5.41, 5.74) is 7.55. The van der Waals surface area contributed by atoms with E-state index in [0.29, 0.717) is 11.3 Å². The summed E-state index contributed by atoms with van der Waals surface area (Å²) in [7, 11) is 1.85. The molecule has 1 fully saturated rings. The number of carbonyl (C=O) groups excluding carboxylic acids is 2. The van der Waals surface area contributed by atoms with Gasteiger partial charge < -0.3 is 10.3 Å². The van der Waals surface area contributed by atoms with Crippen molar-refractivity contribution >= 4 is 34.6 Å². The van der Waals surface area contributed by atoms with Crippen molar-refractivity contribution in [1.29, 1.82) is 0 Å². The lowest BCUT2D eigenvalue weighted by molar-refractivity contribution is -0.120. The molecule has 6 rings (SSSR count). The van der Waals surface area contributed by atoms with Gasteiger partial charge in [-0.05, 0) is 30.0 Å². The summed E-state index contributed by atoms with van der Waals surface area (Å²) in [5.74, 6) is -0.176. The second-order valence-electron chi connectivity index (χ2n) is 9.00. The molecule has 2 amide bonds. The quantitative estimate of drug-likeness (QED) is 0.452. The van der Waals surface area contributed by atoms with Crippen molar-refractivity contribution in [2.24, 2.45) is 17.6 Å². The fraction of sp³-hybridized carbons (Fsp3) is 0.200. The fourth-order valence-electron chi connectivity index (χ4n) is 4.79. The molecular weight excluding hydrogens is 416 g/mol. The minimum absolute atomic E-state index is 0.0487. The Bertz CT molecular complexity index is 1470. The third-order valence-electron chi connectivity index (χ3n) is 6.75. The molecule has 0 unspecified atom stereocenters. The zero-order valence-electron chi connectivity index (χ0n) is 18.2. The van der Waals surface area contributed by atoms with E-state index in [4.69, 9.17) is 0 Å². The Hall–Kier alpha value is -4.20. The van der Waals surface area contributed by atoms with Crippen LogP contribution in [0.3, 0.4) is 0 Å². The Morgan fingerprint density at radius 2 is 2.06 bits per heavy atom. The van der Waals surface area contributed by atoms with E-state index in [-0.39, 0.29) is 17.7 Å². The Morgan fingerprint density at radius 3 is 2.82 bits per heavy atom. The van der Waals surface area contributed by atoms with E-state index in [1.165, 1.54) is 5.56 Å². The standard InChI is InChI=1S/C25H22N6O2/c1-25(10-19(25)14-6-4-3-5-7-14)24(33)28-16-8-17-21-18(12-26-30-23(17)32)22(29-20(21)9-16)15-11-27-31(2)13-15/h3-9,11-13,19,29H,10H2,1-2H3,(H,28,33)(H,30,32)/t19-,25+/m0/s1. The largest absolute Gasteiger partial charge is 0.354 e. The van der Waals surface area contributed by atoms with Crippen LogP contribution in [0.25, 0.3) is 22.2 Å². The van der Waals surface area contributed by atoms with Gasteiger partial charge in [0.1, 0.15) is 0 Å². The molecule has 3 heterocycles. The Balaban J connectivity index is 1.38. The van der Waals surface area contributed by atoms with Crippen LogP contribution in [0.2, 0.25) is 0 Å². The van der Waals surface area contributed by atoms with E-state index in [1.54, 1.807) is 23.2 Å². The van der Waals surface area contributed by atoms with Crippen LogP contribution in [0, 0.1) is 5.41 Å². The van der Waals surface area contributed by atoms with Gasteiger partial charge in [0, 0.05) is 41.0 Å². The van der Waals surface area contributed by atoms with Crippen molar-refractivity contribution in [3.8, 4) is 11.3 Å². The summed E-state index contributed by atoms with van der Waals surface area (Å²) >= 11 is 0. The monoisotopic (exact) mass is 438 g/mol. The number of rotatable bonds is 4. The Labute approximate surface area is 189 Å². The van der Waals surface area contributed by atoms with Gasteiger partial charge in [-0.2, -0.15) is 10.2 Å².